The van der Waals surface area contributed by atoms with Crippen LogP contribution in [0.2, 0.25) is 0 Å². The van der Waals surface area contributed by atoms with Crippen molar-refractivity contribution >= 4 is 38.5 Å². The molecule has 0 saturated carbocycles. The Bertz CT molecular complexity index is 704. The molecule has 0 unspecified atom stereocenters. The molecule has 4 heteroatoms. The SMILES string of the molecule is CC(C)(CC(=O)O)CC(=O)c1ccc(Br)c2ccccc12. The first-order valence-electron chi connectivity index (χ1n) is 6.72. The van der Waals surface area contributed by atoms with Gasteiger partial charge in [0.25, 0.3) is 0 Å². The van der Waals surface area contributed by atoms with Crippen molar-refractivity contribution in [3.8, 4) is 0 Å². The van der Waals surface area contributed by atoms with E-state index >= 15 is 0 Å². The molecular formula is C17H17BrO3. The van der Waals surface area contributed by atoms with E-state index in [1.807, 2.05) is 30.3 Å². The van der Waals surface area contributed by atoms with Gasteiger partial charge >= 0.3 is 5.97 Å². The lowest BCUT2D eigenvalue weighted by atomic mass is 9.82. The summed E-state index contributed by atoms with van der Waals surface area (Å²) in [4.78, 5) is 23.4. The van der Waals surface area contributed by atoms with Gasteiger partial charge in [-0.15, -0.1) is 0 Å². The fourth-order valence-electron chi connectivity index (χ4n) is 2.51. The van der Waals surface area contributed by atoms with Crippen molar-refractivity contribution in [2.75, 3.05) is 0 Å². The predicted molar refractivity (Wildman–Crippen MR) is 86.6 cm³/mol. The number of carbonyl (C=O) groups excluding carboxylic acids is 1. The van der Waals surface area contributed by atoms with Crippen LogP contribution in [0.1, 0.15) is 37.0 Å². The van der Waals surface area contributed by atoms with E-state index in [0.717, 1.165) is 15.2 Å². The topological polar surface area (TPSA) is 54.4 Å². The van der Waals surface area contributed by atoms with E-state index in [1.165, 1.54) is 0 Å². The van der Waals surface area contributed by atoms with Gasteiger partial charge in [0.05, 0.1) is 6.42 Å². The predicted octanol–water partition coefficient (Wildman–Crippen LogP) is 4.68. The average molecular weight is 349 g/mol. The molecule has 0 amide bonds. The van der Waals surface area contributed by atoms with Gasteiger partial charge < -0.3 is 5.11 Å². The maximum atomic E-state index is 12.6. The maximum absolute atomic E-state index is 12.6. The molecule has 0 radical (unpaired) electrons. The van der Waals surface area contributed by atoms with E-state index in [9.17, 15) is 9.59 Å². The highest BCUT2D eigenvalue weighted by atomic mass is 79.9. The zero-order valence-electron chi connectivity index (χ0n) is 12.0. The average Bonchev–Trinajstić information content (AvgIpc) is 2.37. The van der Waals surface area contributed by atoms with E-state index in [1.54, 1.807) is 19.9 Å². The molecule has 3 nitrogen and oxygen atoms in total. The number of Topliss-reactive ketones (excluding diaryl/α,β-unsaturated/α-hetero) is 1. The first kappa shape index (κ1) is 15.7. The summed E-state index contributed by atoms with van der Waals surface area (Å²) in [6, 6.07) is 11.4. The van der Waals surface area contributed by atoms with Crippen LogP contribution in [-0.4, -0.2) is 16.9 Å². The number of ketones is 1. The van der Waals surface area contributed by atoms with Gasteiger partial charge in [-0.25, -0.2) is 0 Å². The zero-order chi connectivity index (χ0) is 15.6. The molecule has 0 atom stereocenters. The van der Waals surface area contributed by atoms with Gasteiger partial charge in [-0.3, -0.25) is 9.59 Å². The minimum absolute atomic E-state index is 0.0206. The second-order valence-corrected chi connectivity index (χ2v) is 6.83. The molecule has 2 aromatic carbocycles. The van der Waals surface area contributed by atoms with Crippen LogP contribution >= 0.6 is 15.9 Å². The molecule has 0 spiro atoms. The van der Waals surface area contributed by atoms with Gasteiger partial charge in [-0.05, 0) is 28.3 Å². The molecule has 0 aliphatic carbocycles. The summed E-state index contributed by atoms with van der Waals surface area (Å²) in [6.45, 7) is 3.61. The molecule has 21 heavy (non-hydrogen) atoms. The monoisotopic (exact) mass is 348 g/mol. The largest absolute Gasteiger partial charge is 0.481 e. The van der Waals surface area contributed by atoms with Crippen LogP contribution in [0.15, 0.2) is 40.9 Å². The van der Waals surface area contributed by atoms with Gasteiger partial charge in [-0.2, -0.15) is 0 Å². The molecule has 0 heterocycles. The van der Waals surface area contributed by atoms with E-state index < -0.39 is 11.4 Å². The number of aliphatic carboxylic acids is 1. The molecule has 1 N–H and O–H groups in total. The summed E-state index contributed by atoms with van der Waals surface area (Å²) >= 11 is 3.49. The molecule has 0 aliphatic rings. The number of halogens is 1. The second kappa shape index (κ2) is 5.98. The number of carboxylic acid groups (broad SMARTS) is 1. The minimum atomic E-state index is -0.881. The maximum Gasteiger partial charge on any atom is 0.303 e. The number of hydrogen-bond acceptors (Lipinski definition) is 2. The third-order valence-corrected chi connectivity index (χ3v) is 4.13. The Morgan fingerprint density at radius 2 is 1.67 bits per heavy atom. The number of benzene rings is 2. The first-order chi connectivity index (χ1) is 9.80. The Hall–Kier alpha value is -1.68. The van der Waals surface area contributed by atoms with Crippen molar-refractivity contribution in [1.29, 1.82) is 0 Å². The van der Waals surface area contributed by atoms with Gasteiger partial charge in [0, 0.05) is 16.5 Å². The lowest BCUT2D eigenvalue weighted by Gasteiger charge is -2.21. The normalized spacial score (nSPS) is 11.6. The fourth-order valence-corrected chi connectivity index (χ4v) is 2.99. The summed E-state index contributed by atoms with van der Waals surface area (Å²) in [5.74, 6) is -0.904. The van der Waals surface area contributed by atoms with Crippen molar-refractivity contribution in [3.63, 3.8) is 0 Å². The molecule has 0 aromatic heterocycles. The summed E-state index contributed by atoms with van der Waals surface area (Å²) in [5.41, 5.74) is 0.0872. The Morgan fingerprint density at radius 3 is 2.29 bits per heavy atom. The van der Waals surface area contributed by atoms with E-state index in [4.69, 9.17) is 5.11 Å². The van der Waals surface area contributed by atoms with E-state index in [-0.39, 0.29) is 18.6 Å². The highest BCUT2D eigenvalue weighted by Crippen LogP contribution is 2.31. The minimum Gasteiger partial charge on any atom is -0.481 e. The number of rotatable bonds is 5. The van der Waals surface area contributed by atoms with Crippen molar-refractivity contribution in [1.82, 2.24) is 0 Å². The summed E-state index contributed by atoms with van der Waals surface area (Å²) in [7, 11) is 0. The van der Waals surface area contributed by atoms with Gasteiger partial charge in [0.15, 0.2) is 5.78 Å². The molecule has 0 fully saturated rings. The number of carboxylic acids is 1. The quantitative estimate of drug-likeness (QED) is 0.798. The van der Waals surface area contributed by atoms with Crippen LogP contribution in [0.3, 0.4) is 0 Å². The van der Waals surface area contributed by atoms with Crippen molar-refractivity contribution in [2.45, 2.75) is 26.7 Å². The summed E-state index contributed by atoms with van der Waals surface area (Å²) in [6.07, 6.45) is 0.193. The van der Waals surface area contributed by atoms with Gasteiger partial charge in [0.2, 0.25) is 0 Å². The molecule has 0 bridgehead atoms. The molecular weight excluding hydrogens is 332 g/mol. The Balaban J connectivity index is 2.37. The molecule has 0 saturated heterocycles. The highest BCUT2D eigenvalue weighted by Gasteiger charge is 2.26. The second-order valence-electron chi connectivity index (χ2n) is 5.98. The van der Waals surface area contributed by atoms with Crippen LogP contribution in [0.5, 0.6) is 0 Å². The third kappa shape index (κ3) is 3.70. The Kier molecular flexibility index (Phi) is 4.47. The van der Waals surface area contributed by atoms with Crippen LogP contribution in [0, 0.1) is 5.41 Å². The summed E-state index contributed by atoms with van der Waals surface area (Å²) < 4.78 is 0.944. The van der Waals surface area contributed by atoms with Crippen LogP contribution in [-0.2, 0) is 4.79 Å². The third-order valence-electron chi connectivity index (χ3n) is 3.44. The number of carbonyl (C=O) groups is 2. The lowest BCUT2D eigenvalue weighted by Crippen LogP contribution is -2.21. The van der Waals surface area contributed by atoms with Crippen LogP contribution in [0.25, 0.3) is 10.8 Å². The molecule has 2 rings (SSSR count). The Labute approximate surface area is 132 Å². The smallest absolute Gasteiger partial charge is 0.303 e. The highest BCUT2D eigenvalue weighted by molar-refractivity contribution is 9.10. The van der Waals surface area contributed by atoms with Crippen molar-refractivity contribution in [2.24, 2.45) is 5.41 Å². The standard InChI is InChI=1S/C17H17BrO3/c1-17(2,10-16(20)21)9-15(19)13-7-8-14(18)12-6-4-3-5-11(12)13/h3-8H,9-10H2,1-2H3,(H,20,21). The fraction of sp³-hybridized carbons (Fsp3) is 0.294. The van der Waals surface area contributed by atoms with E-state index in [0.29, 0.717) is 5.56 Å². The molecule has 2 aromatic rings. The summed E-state index contributed by atoms with van der Waals surface area (Å²) in [5, 5.41) is 10.8. The molecule has 110 valence electrons. The Morgan fingerprint density at radius 1 is 1.05 bits per heavy atom. The number of fused-ring (bicyclic) bond motifs is 1. The van der Waals surface area contributed by atoms with Crippen LogP contribution in [0.4, 0.5) is 0 Å². The first-order valence-corrected chi connectivity index (χ1v) is 7.52. The number of hydrogen-bond donors (Lipinski definition) is 1. The van der Waals surface area contributed by atoms with Gasteiger partial charge in [-0.1, -0.05) is 54.0 Å². The van der Waals surface area contributed by atoms with Gasteiger partial charge in [0.1, 0.15) is 0 Å². The van der Waals surface area contributed by atoms with E-state index in [2.05, 4.69) is 15.9 Å². The molecule has 0 aliphatic heterocycles. The lowest BCUT2D eigenvalue weighted by molar-refractivity contribution is -0.139. The van der Waals surface area contributed by atoms with Crippen molar-refractivity contribution < 1.29 is 14.7 Å². The zero-order valence-corrected chi connectivity index (χ0v) is 13.6. The van der Waals surface area contributed by atoms with Crippen LogP contribution < -0.4 is 0 Å². The van der Waals surface area contributed by atoms with Crippen molar-refractivity contribution in [3.05, 3.63) is 46.4 Å².